The van der Waals surface area contributed by atoms with Crippen molar-refractivity contribution < 1.29 is 22.7 Å². The number of anilines is 1. The van der Waals surface area contributed by atoms with Crippen LogP contribution in [0.5, 0.6) is 5.75 Å². The van der Waals surface area contributed by atoms with Crippen molar-refractivity contribution in [3.8, 4) is 5.75 Å². The third-order valence-corrected chi connectivity index (χ3v) is 8.44. The van der Waals surface area contributed by atoms with E-state index in [2.05, 4.69) is 15.8 Å². The molecule has 0 saturated carbocycles. The molecule has 0 radical (unpaired) electrons. The van der Waals surface area contributed by atoms with Crippen LogP contribution in [0, 0.1) is 6.92 Å². The molecular formula is C32H31ClN4O5S. The third kappa shape index (κ3) is 8.67. The van der Waals surface area contributed by atoms with Crippen molar-refractivity contribution >= 4 is 45.3 Å². The van der Waals surface area contributed by atoms with Crippen LogP contribution in [0.1, 0.15) is 29.7 Å². The largest absolute Gasteiger partial charge is 0.484 e. The molecule has 0 spiro atoms. The lowest BCUT2D eigenvalue weighted by Crippen LogP contribution is -2.39. The van der Waals surface area contributed by atoms with E-state index in [1.165, 1.54) is 24.4 Å². The predicted molar refractivity (Wildman–Crippen MR) is 168 cm³/mol. The molecule has 0 bridgehead atoms. The number of aryl methyl sites for hydroxylation is 1. The number of benzene rings is 4. The molecule has 0 aliphatic rings. The molecule has 0 fully saturated rings. The molecule has 4 aromatic rings. The molecule has 2 amide bonds. The fourth-order valence-electron chi connectivity index (χ4n) is 4.04. The van der Waals surface area contributed by atoms with Gasteiger partial charge in [-0.2, -0.15) is 5.10 Å². The minimum absolute atomic E-state index is 0.0276. The van der Waals surface area contributed by atoms with Crippen molar-refractivity contribution in [3.05, 3.63) is 125 Å². The quantitative estimate of drug-likeness (QED) is 0.166. The molecule has 222 valence electrons. The summed E-state index contributed by atoms with van der Waals surface area (Å²) in [4.78, 5) is 25.1. The van der Waals surface area contributed by atoms with E-state index in [0.717, 1.165) is 15.4 Å². The highest BCUT2D eigenvalue weighted by atomic mass is 35.5. The highest BCUT2D eigenvalue weighted by Gasteiger charge is 2.28. The van der Waals surface area contributed by atoms with E-state index < -0.39 is 22.5 Å². The Kier molecular flexibility index (Phi) is 10.5. The topological polar surface area (TPSA) is 117 Å². The molecule has 0 aromatic heterocycles. The van der Waals surface area contributed by atoms with Crippen molar-refractivity contribution in [2.45, 2.75) is 24.8 Å². The van der Waals surface area contributed by atoms with Gasteiger partial charge < -0.3 is 10.1 Å². The van der Waals surface area contributed by atoms with Gasteiger partial charge >= 0.3 is 0 Å². The first-order valence-electron chi connectivity index (χ1n) is 13.4. The molecule has 11 heteroatoms. The zero-order valence-electron chi connectivity index (χ0n) is 23.6. The number of carbonyl (C=O) groups excluding carboxylic acids is 2. The van der Waals surface area contributed by atoms with E-state index in [4.69, 9.17) is 16.3 Å². The second-order valence-corrected chi connectivity index (χ2v) is 11.9. The Labute approximate surface area is 256 Å². The number of ether oxygens (including phenoxy) is 1. The number of hydrogen-bond donors (Lipinski definition) is 2. The van der Waals surface area contributed by atoms with Crippen LogP contribution in [0.25, 0.3) is 0 Å². The summed E-state index contributed by atoms with van der Waals surface area (Å²) in [6, 6.07) is 28.9. The van der Waals surface area contributed by atoms with Crippen molar-refractivity contribution in [3.63, 3.8) is 0 Å². The van der Waals surface area contributed by atoms with Crippen LogP contribution in [0.2, 0.25) is 5.02 Å². The number of amides is 2. The number of para-hydroxylation sites is 1. The Morgan fingerprint density at radius 1 is 0.907 bits per heavy atom. The van der Waals surface area contributed by atoms with Gasteiger partial charge in [-0.25, -0.2) is 13.8 Å². The highest BCUT2D eigenvalue weighted by Crippen LogP contribution is 2.30. The number of hydrogen-bond acceptors (Lipinski definition) is 6. The predicted octanol–water partition coefficient (Wildman–Crippen LogP) is 5.25. The molecule has 4 aromatic carbocycles. The van der Waals surface area contributed by atoms with Crippen molar-refractivity contribution in [2.75, 3.05) is 17.5 Å². The van der Waals surface area contributed by atoms with Gasteiger partial charge in [0.15, 0.2) is 6.61 Å². The van der Waals surface area contributed by atoms with Crippen LogP contribution in [-0.2, 0) is 19.6 Å². The Balaban J connectivity index is 1.34. The summed E-state index contributed by atoms with van der Waals surface area (Å²) >= 11 is 6.31. The Morgan fingerprint density at radius 2 is 1.56 bits per heavy atom. The average Bonchev–Trinajstić information content (AvgIpc) is 3.00. The maximum atomic E-state index is 13.5. The third-order valence-electron chi connectivity index (χ3n) is 6.35. The summed E-state index contributed by atoms with van der Waals surface area (Å²) in [6.45, 7) is 3.06. The highest BCUT2D eigenvalue weighted by molar-refractivity contribution is 7.92. The molecule has 0 unspecified atom stereocenters. The molecular weight excluding hydrogens is 588 g/mol. The zero-order chi connectivity index (χ0) is 30.8. The standard InChI is InChI=1S/C32H31ClN4O5S/c1-23-12-18-28(19-13-23)43(40,41)37(30-11-7-6-10-29(30)33)21-31(38)36-34-20-25-14-16-27(17-15-25)42-22-32(39)35-24(2)26-8-4-3-5-9-26/h3-20,24H,21-22H2,1-2H3,(H,35,39)(H,36,38)/b34-20-/t24-/m0/s1. The van der Waals surface area contributed by atoms with Gasteiger partial charge in [-0.15, -0.1) is 0 Å². The molecule has 0 saturated heterocycles. The Bertz CT molecular complexity index is 1680. The van der Waals surface area contributed by atoms with Crippen LogP contribution in [0.4, 0.5) is 5.69 Å². The number of sulfonamides is 1. The fraction of sp³-hybridized carbons (Fsp3) is 0.156. The molecule has 0 aliphatic heterocycles. The maximum absolute atomic E-state index is 13.5. The van der Waals surface area contributed by atoms with Crippen molar-refractivity contribution in [1.29, 1.82) is 0 Å². The Hall–Kier alpha value is -4.67. The zero-order valence-corrected chi connectivity index (χ0v) is 25.2. The van der Waals surface area contributed by atoms with E-state index in [1.807, 2.05) is 44.2 Å². The number of carbonyl (C=O) groups is 2. The van der Waals surface area contributed by atoms with Gasteiger partial charge in [-0.05, 0) is 73.5 Å². The molecule has 9 nitrogen and oxygen atoms in total. The first-order valence-corrected chi connectivity index (χ1v) is 15.2. The summed E-state index contributed by atoms with van der Waals surface area (Å²) in [5.74, 6) is -0.428. The van der Waals surface area contributed by atoms with E-state index in [1.54, 1.807) is 54.6 Å². The van der Waals surface area contributed by atoms with E-state index >= 15 is 0 Å². The SMILES string of the molecule is Cc1ccc(S(=O)(=O)N(CC(=O)N/N=C\c2ccc(OCC(=O)N[C@@H](C)c3ccccc3)cc2)c2ccccc2Cl)cc1. The summed E-state index contributed by atoms with van der Waals surface area (Å²) in [5.41, 5.74) is 5.07. The number of hydrazone groups is 1. The lowest BCUT2D eigenvalue weighted by Gasteiger charge is -2.24. The molecule has 4 rings (SSSR count). The van der Waals surface area contributed by atoms with E-state index in [9.17, 15) is 18.0 Å². The van der Waals surface area contributed by atoms with Crippen LogP contribution in [-0.4, -0.2) is 39.6 Å². The maximum Gasteiger partial charge on any atom is 0.264 e. The van der Waals surface area contributed by atoms with Crippen LogP contribution >= 0.6 is 11.6 Å². The lowest BCUT2D eigenvalue weighted by molar-refractivity contribution is -0.123. The summed E-state index contributed by atoms with van der Waals surface area (Å²) in [7, 11) is -4.11. The molecule has 0 aliphatic carbocycles. The summed E-state index contributed by atoms with van der Waals surface area (Å²) in [6.07, 6.45) is 1.41. The summed E-state index contributed by atoms with van der Waals surface area (Å²) in [5, 5.41) is 7.03. The van der Waals surface area contributed by atoms with Gasteiger partial charge in [0, 0.05) is 0 Å². The first kappa shape index (κ1) is 31.3. The number of rotatable bonds is 12. The molecule has 2 N–H and O–H groups in total. The van der Waals surface area contributed by atoms with Crippen molar-refractivity contribution in [2.24, 2.45) is 5.10 Å². The van der Waals surface area contributed by atoms with Gasteiger partial charge in [0.25, 0.3) is 21.8 Å². The van der Waals surface area contributed by atoms with Crippen LogP contribution in [0.15, 0.2) is 113 Å². The van der Waals surface area contributed by atoms with Crippen LogP contribution < -0.4 is 19.8 Å². The van der Waals surface area contributed by atoms with Gasteiger partial charge in [-0.3, -0.25) is 13.9 Å². The first-order chi connectivity index (χ1) is 20.6. The minimum atomic E-state index is -4.11. The van der Waals surface area contributed by atoms with E-state index in [0.29, 0.717) is 11.3 Å². The van der Waals surface area contributed by atoms with E-state index in [-0.39, 0.29) is 34.2 Å². The molecule has 1 atom stereocenters. The minimum Gasteiger partial charge on any atom is -0.484 e. The van der Waals surface area contributed by atoms with Crippen LogP contribution in [0.3, 0.4) is 0 Å². The average molecular weight is 619 g/mol. The Morgan fingerprint density at radius 3 is 2.23 bits per heavy atom. The lowest BCUT2D eigenvalue weighted by atomic mass is 10.1. The second kappa shape index (κ2) is 14.5. The van der Waals surface area contributed by atoms with Gasteiger partial charge in [0.05, 0.1) is 27.9 Å². The normalized spacial score (nSPS) is 12.0. The second-order valence-electron chi connectivity index (χ2n) is 9.63. The number of halogens is 1. The summed E-state index contributed by atoms with van der Waals surface area (Å²) < 4.78 is 33.5. The molecule has 0 heterocycles. The fourth-order valence-corrected chi connectivity index (χ4v) is 5.77. The van der Waals surface area contributed by atoms with Gasteiger partial charge in [0.1, 0.15) is 12.3 Å². The monoisotopic (exact) mass is 618 g/mol. The number of nitrogens with one attached hydrogen (secondary N) is 2. The van der Waals surface area contributed by atoms with Gasteiger partial charge in [-0.1, -0.05) is 71.8 Å². The smallest absolute Gasteiger partial charge is 0.264 e. The van der Waals surface area contributed by atoms with Gasteiger partial charge in [0.2, 0.25) is 0 Å². The number of nitrogens with zero attached hydrogens (tertiary/aromatic N) is 2. The molecule has 43 heavy (non-hydrogen) atoms. The van der Waals surface area contributed by atoms with Crippen molar-refractivity contribution in [1.82, 2.24) is 10.7 Å².